The Balaban J connectivity index is 1.74. The maximum absolute atomic E-state index is 12.3. The number of hydrogen-bond donors (Lipinski definition) is 1. The van der Waals surface area contributed by atoms with Crippen LogP contribution < -0.4 is 9.47 Å². The van der Waals surface area contributed by atoms with Crippen molar-refractivity contribution in [1.82, 2.24) is 4.90 Å². The minimum Gasteiger partial charge on any atom is -0.454 e. The maximum atomic E-state index is 12.3. The fourth-order valence-electron chi connectivity index (χ4n) is 4.51. The number of ether oxygens (including phenoxy) is 3. The topological polar surface area (TPSA) is 68.2 Å². The van der Waals surface area contributed by atoms with Gasteiger partial charge in [-0.2, -0.15) is 0 Å². The molecule has 2 heterocycles. The van der Waals surface area contributed by atoms with Crippen molar-refractivity contribution in [3.63, 3.8) is 0 Å². The highest BCUT2D eigenvalue weighted by Crippen LogP contribution is 2.50. The zero-order chi connectivity index (χ0) is 16.7. The molecule has 0 radical (unpaired) electrons. The molecule has 1 aromatic rings. The first-order valence-corrected chi connectivity index (χ1v) is 8.59. The van der Waals surface area contributed by atoms with Crippen molar-refractivity contribution in [3.8, 4) is 11.5 Å². The van der Waals surface area contributed by atoms with Gasteiger partial charge in [-0.15, -0.1) is 0 Å². The number of carbonyl (C=O) groups excluding carboxylic acids is 1. The number of rotatable bonds is 1. The van der Waals surface area contributed by atoms with Crippen LogP contribution in [0.3, 0.4) is 0 Å². The highest BCUT2D eigenvalue weighted by atomic mass is 16.7. The van der Waals surface area contributed by atoms with E-state index in [9.17, 15) is 9.90 Å². The van der Waals surface area contributed by atoms with E-state index in [1.807, 2.05) is 18.2 Å². The van der Waals surface area contributed by atoms with E-state index < -0.39 is 5.60 Å². The SMILES string of the molecule is COC(=O)N1CC[C@@]2(O)CCCCC2C1c1ccc2c(c1)OCO2. The van der Waals surface area contributed by atoms with Gasteiger partial charge < -0.3 is 24.2 Å². The van der Waals surface area contributed by atoms with Crippen LogP contribution in [0.15, 0.2) is 18.2 Å². The van der Waals surface area contributed by atoms with E-state index in [0.717, 1.165) is 37.0 Å². The predicted molar refractivity (Wildman–Crippen MR) is 85.9 cm³/mol. The molecule has 1 aliphatic carbocycles. The third-order valence-corrected chi connectivity index (χ3v) is 5.71. The van der Waals surface area contributed by atoms with Gasteiger partial charge in [0.25, 0.3) is 0 Å². The third kappa shape index (κ3) is 2.40. The zero-order valence-electron chi connectivity index (χ0n) is 13.9. The molecular formula is C18H23NO5. The summed E-state index contributed by atoms with van der Waals surface area (Å²) in [6.45, 7) is 0.719. The number of fused-ring (bicyclic) bond motifs is 2. The van der Waals surface area contributed by atoms with Crippen LogP contribution in [-0.4, -0.2) is 42.1 Å². The largest absolute Gasteiger partial charge is 0.454 e. The maximum Gasteiger partial charge on any atom is 0.410 e. The third-order valence-electron chi connectivity index (χ3n) is 5.71. The van der Waals surface area contributed by atoms with Crippen LogP contribution in [0.2, 0.25) is 0 Å². The molecule has 3 aliphatic rings. The van der Waals surface area contributed by atoms with Crippen LogP contribution >= 0.6 is 0 Å². The molecule has 130 valence electrons. The van der Waals surface area contributed by atoms with E-state index in [0.29, 0.717) is 18.7 Å². The second-order valence-electron chi connectivity index (χ2n) is 6.93. The Hall–Kier alpha value is -1.95. The van der Waals surface area contributed by atoms with Gasteiger partial charge in [-0.3, -0.25) is 0 Å². The van der Waals surface area contributed by atoms with Crippen molar-refractivity contribution in [2.45, 2.75) is 43.7 Å². The summed E-state index contributed by atoms with van der Waals surface area (Å²) in [7, 11) is 1.40. The molecule has 6 heteroatoms. The number of hydrogen-bond acceptors (Lipinski definition) is 5. The van der Waals surface area contributed by atoms with Crippen LogP contribution in [0.4, 0.5) is 4.79 Å². The van der Waals surface area contributed by atoms with Crippen LogP contribution in [0.1, 0.15) is 43.7 Å². The highest BCUT2D eigenvalue weighted by Gasteiger charge is 2.50. The Morgan fingerprint density at radius 2 is 2.12 bits per heavy atom. The molecule has 3 atom stereocenters. The lowest BCUT2D eigenvalue weighted by atomic mass is 9.66. The van der Waals surface area contributed by atoms with Gasteiger partial charge in [0, 0.05) is 12.5 Å². The molecule has 2 aliphatic heterocycles. The molecule has 4 rings (SSSR count). The number of carbonyl (C=O) groups is 1. The summed E-state index contributed by atoms with van der Waals surface area (Å²) in [5.41, 5.74) is 0.263. The second-order valence-corrected chi connectivity index (χ2v) is 6.93. The van der Waals surface area contributed by atoms with Gasteiger partial charge in [0.1, 0.15) is 0 Å². The van der Waals surface area contributed by atoms with E-state index in [-0.39, 0.29) is 24.8 Å². The monoisotopic (exact) mass is 333 g/mol. The molecule has 1 amide bonds. The smallest absolute Gasteiger partial charge is 0.410 e. The number of amides is 1. The Labute approximate surface area is 141 Å². The first kappa shape index (κ1) is 15.6. The van der Waals surface area contributed by atoms with Gasteiger partial charge in [-0.25, -0.2) is 4.79 Å². The summed E-state index contributed by atoms with van der Waals surface area (Å²) in [5.74, 6) is 1.43. The van der Waals surface area contributed by atoms with Gasteiger partial charge in [0.2, 0.25) is 6.79 Å². The van der Waals surface area contributed by atoms with Crippen molar-refractivity contribution >= 4 is 6.09 Å². The van der Waals surface area contributed by atoms with Crippen molar-refractivity contribution < 1.29 is 24.1 Å². The Bertz CT molecular complexity index is 648. The van der Waals surface area contributed by atoms with Gasteiger partial charge in [0.15, 0.2) is 11.5 Å². The molecule has 1 aromatic carbocycles. The zero-order valence-corrected chi connectivity index (χ0v) is 13.9. The molecule has 1 saturated heterocycles. The van der Waals surface area contributed by atoms with E-state index in [1.54, 1.807) is 4.90 Å². The average molecular weight is 333 g/mol. The summed E-state index contributed by atoms with van der Waals surface area (Å²) >= 11 is 0. The van der Waals surface area contributed by atoms with Crippen LogP contribution in [0.25, 0.3) is 0 Å². The van der Waals surface area contributed by atoms with Gasteiger partial charge in [0.05, 0.1) is 18.8 Å². The number of methoxy groups -OCH3 is 1. The first-order valence-electron chi connectivity index (χ1n) is 8.59. The lowest BCUT2D eigenvalue weighted by Crippen LogP contribution is -2.56. The Morgan fingerprint density at radius 1 is 1.29 bits per heavy atom. The number of benzene rings is 1. The number of nitrogens with zero attached hydrogens (tertiary/aromatic N) is 1. The lowest BCUT2D eigenvalue weighted by Gasteiger charge is -2.52. The van der Waals surface area contributed by atoms with Gasteiger partial charge in [-0.05, 0) is 37.0 Å². The summed E-state index contributed by atoms with van der Waals surface area (Å²) in [6.07, 6.45) is 4.08. The second kappa shape index (κ2) is 5.84. The van der Waals surface area contributed by atoms with Crippen LogP contribution in [0, 0.1) is 5.92 Å². The molecule has 0 aromatic heterocycles. The van der Waals surface area contributed by atoms with Gasteiger partial charge in [-0.1, -0.05) is 18.9 Å². The van der Waals surface area contributed by atoms with Crippen molar-refractivity contribution in [3.05, 3.63) is 23.8 Å². The van der Waals surface area contributed by atoms with Crippen molar-refractivity contribution in [2.24, 2.45) is 5.92 Å². The normalized spacial score (nSPS) is 31.5. The summed E-state index contributed by atoms with van der Waals surface area (Å²) in [6, 6.07) is 5.58. The highest BCUT2D eigenvalue weighted by molar-refractivity contribution is 5.68. The minimum atomic E-state index is -0.705. The number of likely N-dealkylation sites (tertiary alicyclic amines) is 1. The molecule has 1 N–H and O–H groups in total. The van der Waals surface area contributed by atoms with Crippen LogP contribution in [0.5, 0.6) is 11.5 Å². The minimum absolute atomic E-state index is 0.0134. The van der Waals surface area contributed by atoms with E-state index >= 15 is 0 Å². The van der Waals surface area contributed by atoms with Crippen molar-refractivity contribution in [2.75, 3.05) is 20.4 Å². The molecule has 6 nitrogen and oxygen atoms in total. The molecule has 2 fully saturated rings. The predicted octanol–water partition coefficient (Wildman–Crippen LogP) is 2.85. The average Bonchev–Trinajstić information content (AvgIpc) is 3.07. The van der Waals surface area contributed by atoms with Crippen LogP contribution in [-0.2, 0) is 4.74 Å². The fraction of sp³-hybridized carbons (Fsp3) is 0.611. The lowest BCUT2D eigenvalue weighted by molar-refractivity contribution is -0.117. The Morgan fingerprint density at radius 3 is 2.96 bits per heavy atom. The molecule has 1 saturated carbocycles. The standard InChI is InChI=1S/C18H23NO5/c1-22-17(20)19-9-8-18(21)7-3-2-4-13(18)16(19)12-5-6-14-15(10-12)24-11-23-14/h5-6,10,13,16,21H,2-4,7-9,11H2,1H3/t13?,16?,18-/m0/s1. The van der Waals surface area contributed by atoms with E-state index in [1.165, 1.54) is 7.11 Å². The first-order chi connectivity index (χ1) is 11.6. The quantitative estimate of drug-likeness (QED) is 0.856. The molecule has 2 unspecified atom stereocenters. The molecule has 0 spiro atoms. The summed E-state index contributed by atoms with van der Waals surface area (Å²) in [4.78, 5) is 14.1. The van der Waals surface area contributed by atoms with E-state index in [4.69, 9.17) is 14.2 Å². The van der Waals surface area contributed by atoms with Crippen molar-refractivity contribution in [1.29, 1.82) is 0 Å². The number of aliphatic hydroxyl groups is 1. The fourth-order valence-corrected chi connectivity index (χ4v) is 4.51. The van der Waals surface area contributed by atoms with Gasteiger partial charge >= 0.3 is 6.09 Å². The molecule has 0 bridgehead atoms. The molecule has 24 heavy (non-hydrogen) atoms. The summed E-state index contributed by atoms with van der Waals surface area (Å²) in [5, 5.41) is 11.2. The Kier molecular flexibility index (Phi) is 3.79. The molecular weight excluding hydrogens is 310 g/mol. The summed E-state index contributed by atoms with van der Waals surface area (Å²) < 4.78 is 15.9. The number of piperidine rings is 1. The van der Waals surface area contributed by atoms with E-state index in [2.05, 4.69) is 0 Å².